The van der Waals surface area contributed by atoms with Gasteiger partial charge in [0.05, 0.1) is 5.69 Å². The molecule has 4 heteroatoms. The number of hydrogen-bond donors (Lipinski definition) is 1. The molecule has 0 aromatic carbocycles. The first kappa shape index (κ1) is 11.9. The predicted octanol–water partition coefficient (Wildman–Crippen LogP) is 1.26. The van der Waals surface area contributed by atoms with Crippen molar-refractivity contribution in [3.8, 4) is 0 Å². The Morgan fingerprint density at radius 1 is 1.33 bits per heavy atom. The molecule has 4 nitrogen and oxygen atoms in total. The van der Waals surface area contributed by atoms with E-state index >= 15 is 0 Å². The van der Waals surface area contributed by atoms with Crippen LogP contribution in [0.2, 0.25) is 0 Å². The van der Waals surface area contributed by atoms with Crippen LogP contribution in [0.3, 0.4) is 0 Å². The Hall–Kier alpha value is -1.16. The molecule has 0 saturated carbocycles. The van der Waals surface area contributed by atoms with Gasteiger partial charge in [-0.25, -0.2) is 0 Å². The third-order valence-electron chi connectivity index (χ3n) is 2.35. The first-order valence-corrected chi connectivity index (χ1v) is 5.34. The van der Waals surface area contributed by atoms with Crippen molar-refractivity contribution in [2.24, 2.45) is 0 Å². The Morgan fingerprint density at radius 3 is 2.53 bits per heavy atom. The lowest BCUT2D eigenvalue weighted by Crippen LogP contribution is -2.27. The molecule has 0 unspecified atom stereocenters. The van der Waals surface area contributed by atoms with Crippen molar-refractivity contribution in [1.29, 1.82) is 0 Å². The lowest BCUT2D eigenvalue weighted by Gasteiger charge is -2.17. The third kappa shape index (κ3) is 3.47. The minimum atomic E-state index is 0.439. The van der Waals surface area contributed by atoms with Crippen LogP contribution in [0.5, 0.6) is 0 Å². The maximum atomic E-state index is 4.20. The number of nitrogens with zero attached hydrogens (tertiary/aromatic N) is 3. The van der Waals surface area contributed by atoms with E-state index in [4.69, 9.17) is 0 Å². The molecule has 1 N–H and O–H groups in total. The summed E-state index contributed by atoms with van der Waals surface area (Å²) in [5.74, 6) is 1.36. The van der Waals surface area contributed by atoms with E-state index in [9.17, 15) is 0 Å². The van der Waals surface area contributed by atoms with Crippen LogP contribution < -0.4 is 10.2 Å². The number of aromatic nitrogens is 2. The van der Waals surface area contributed by atoms with Gasteiger partial charge in [-0.1, -0.05) is 13.8 Å². The first-order chi connectivity index (χ1) is 7.15. The summed E-state index contributed by atoms with van der Waals surface area (Å²) >= 11 is 0. The second-order valence-corrected chi connectivity index (χ2v) is 4.00. The number of rotatable bonds is 5. The summed E-state index contributed by atoms with van der Waals surface area (Å²) in [5, 5.41) is 11.5. The predicted molar refractivity (Wildman–Crippen MR) is 63.3 cm³/mol. The van der Waals surface area contributed by atoms with Crippen molar-refractivity contribution in [3.05, 3.63) is 17.8 Å². The fraction of sp³-hybridized carbons (Fsp3) is 0.636. The van der Waals surface area contributed by atoms with E-state index in [-0.39, 0.29) is 0 Å². The van der Waals surface area contributed by atoms with Gasteiger partial charge < -0.3 is 10.2 Å². The summed E-state index contributed by atoms with van der Waals surface area (Å²) in [6.45, 7) is 6.12. The van der Waals surface area contributed by atoms with E-state index in [1.807, 2.05) is 26.2 Å². The van der Waals surface area contributed by atoms with Crippen LogP contribution in [0.15, 0.2) is 12.1 Å². The van der Waals surface area contributed by atoms with Crippen LogP contribution in [-0.2, 0) is 0 Å². The summed E-state index contributed by atoms with van der Waals surface area (Å²) < 4.78 is 0. The van der Waals surface area contributed by atoms with E-state index in [0.29, 0.717) is 5.92 Å². The Balaban J connectivity index is 2.62. The standard InChI is InChI=1S/C11H20N4/c1-9(2)10-5-6-11(14-13-10)15(4)8-7-12-3/h5-6,9,12H,7-8H2,1-4H3. The van der Waals surface area contributed by atoms with Gasteiger partial charge in [0.25, 0.3) is 0 Å². The highest BCUT2D eigenvalue weighted by molar-refractivity contribution is 5.36. The molecule has 0 atom stereocenters. The third-order valence-corrected chi connectivity index (χ3v) is 2.35. The van der Waals surface area contributed by atoms with Gasteiger partial charge in [0, 0.05) is 20.1 Å². The second kappa shape index (κ2) is 5.66. The van der Waals surface area contributed by atoms with Crippen LogP contribution in [0, 0.1) is 0 Å². The summed E-state index contributed by atoms with van der Waals surface area (Å²) in [7, 11) is 3.97. The van der Waals surface area contributed by atoms with Crippen molar-refractivity contribution in [2.45, 2.75) is 19.8 Å². The summed E-state index contributed by atoms with van der Waals surface area (Å²) in [6, 6.07) is 4.07. The minimum absolute atomic E-state index is 0.439. The highest BCUT2D eigenvalue weighted by atomic mass is 15.2. The molecular formula is C11H20N4. The van der Waals surface area contributed by atoms with E-state index in [2.05, 4.69) is 34.3 Å². The van der Waals surface area contributed by atoms with E-state index in [0.717, 1.165) is 24.6 Å². The van der Waals surface area contributed by atoms with Crippen molar-refractivity contribution < 1.29 is 0 Å². The molecule has 0 spiro atoms. The average Bonchev–Trinajstić information content (AvgIpc) is 2.26. The molecule has 0 aliphatic heterocycles. The Kier molecular flexibility index (Phi) is 4.49. The molecular weight excluding hydrogens is 188 g/mol. The molecule has 0 amide bonds. The lowest BCUT2D eigenvalue weighted by atomic mass is 10.1. The zero-order valence-corrected chi connectivity index (χ0v) is 9.99. The smallest absolute Gasteiger partial charge is 0.151 e. The van der Waals surface area contributed by atoms with Crippen molar-refractivity contribution in [3.63, 3.8) is 0 Å². The molecule has 0 aliphatic rings. The van der Waals surface area contributed by atoms with E-state index in [1.54, 1.807) is 0 Å². The monoisotopic (exact) mass is 208 g/mol. The Labute approximate surface area is 91.7 Å². The van der Waals surface area contributed by atoms with Crippen molar-refractivity contribution >= 4 is 5.82 Å². The second-order valence-electron chi connectivity index (χ2n) is 4.00. The van der Waals surface area contributed by atoms with Gasteiger partial charge in [0.1, 0.15) is 0 Å². The van der Waals surface area contributed by atoms with Crippen LogP contribution in [-0.4, -0.2) is 37.4 Å². The summed E-state index contributed by atoms with van der Waals surface area (Å²) in [6.07, 6.45) is 0. The summed E-state index contributed by atoms with van der Waals surface area (Å²) in [5.41, 5.74) is 1.04. The highest BCUT2D eigenvalue weighted by Gasteiger charge is 2.04. The lowest BCUT2D eigenvalue weighted by molar-refractivity contribution is 0.741. The fourth-order valence-corrected chi connectivity index (χ4v) is 1.24. The molecule has 1 heterocycles. The first-order valence-electron chi connectivity index (χ1n) is 5.34. The molecule has 84 valence electrons. The Morgan fingerprint density at radius 2 is 2.07 bits per heavy atom. The number of nitrogens with one attached hydrogen (secondary N) is 1. The normalized spacial score (nSPS) is 10.7. The Bertz CT molecular complexity index is 281. The van der Waals surface area contributed by atoms with Gasteiger partial charge in [0.2, 0.25) is 0 Å². The van der Waals surface area contributed by atoms with Crippen LogP contribution in [0.1, 0.15) is 25.5 Å². The highest BCUT2D eigenvalue weighted by Crippen LogP contribution is 2.13. The fourth-order valence-electron chi connectivity index (χ4n) is 1.24. The molecule has 1 rings (SSSR count). The number of anilines is 1. The molecule has 0 aliphatic carbocycles. The SMILES string of the molecule is CNCCN(C)c1ccc(C(C)C)nn1. The molecule has 1 aromatic rings. The zero-order valence-electron chi connectivity index (χ0n) is 9.99. The zero-order chi connectivity index (χ0) is 11.3. The van der Waals surface area contributed by atoms with Crippen molar-refractivity contribution in [1.82, 2.24) is 15.5 Å². The van der Waals surface area contributed by atoms with Gasteiger partial charge in [-0.2, -0.15) is 5.10 Å². The van der Waals surface area contributed by atoms with Crippen LogP contribution >= 0.6 is 0 Å². The number of hydrogen-bond acceptors (Lipinski definition) is 4. The van der Waals surface area contributed by atoms with Gasteiger partial charge in [0.15, 0.2) is 5.82 Å². The van der Waals surface area contributed by atoms with Crippen LogP contribution in [0.4, 0.5) is 5.82 Å². The molecule has 0 bridgehead atoms. The number of likely N-dealkylation sites (N-methyl/N-ethyl adjacent to an activating group) is 2. The topological polar surface area (TPSA) is 41.0 Å². The minimum Gasteiger partial charge on any atom is -0.357 e. The van der Waals surface area contributed by atoms with Gasteiger partial charge in [-0.15, -0.1) is 5.10 Å². The maximum Gasteiger partial charge on any atom is 0.151 e. The van der Waals surface area contributed by atoms with Crippen molar-refractivity contribution in [2.75, 3.05) is 32.1 Å². The molecule has 0 radical (unpaired) electrons. The molecule has 1 aromatic heterocycles. The summed E-state index contributed by atoms with van der Waals surface area (Å²) in [4.78, 5) is 2.09. The average molecular weight is 208 g/mol. The van der Waals surface area contributed by atoms with E-state index < -0.39 is 0 Å². The molecule has 0 fully saturated rings. The van der Waals surface area contributed by atoms with Gasteiger partial charge in [-0.05, 0) is 25.1 Å². The quantitative estimate of drug-likeness (QED) is 0.791. The molecule has 15 heavy (non-hydrogen) atoms. The van der Waals surface area contributed by atoms with Gasteiger partial charge >= 0.3 is 0 Å². The largest absolute Gasteiger partial charge is 0.357 e. The van der Waals surface area contributed by atoms with Crippen LogP contribution in [0.25, 0.3) is 0 Å². The van der Waals surface area contributed by atoms with Gasteiger partial charge in [-0.3, -0.25) is 0 Å². The van der Waals surface area contributed by atoms with E-state index in [1.165, 1.54) is 0 Å². The maximum absolute atomic E-state index is 4.20. The molecule has 0 saturated heterocycles.